The lowest BCUT2D eigenvalue weighted by molar-refractivity contribution is -0.151. The summed E-state index contributed by atoms with van der Waals surface area (Å²) in [5.41, 5.74) is -0.926. The number of ether oxygens (including phenoxy) is 1. The predicted octanol–water partition coefficient (Wildman–Crippen LogP) is 3.63. The summed E-state index contributed by atoms with van der Waals surface area (Å²) < 4.78 is 5.82. The Hall–Kier alpha value is -2.77. The number of hydrogen-bond donors (Lipinski definition) is 1. The fraction of sp³-hybridized carbons (Fsp3) is 0.261. The van der Waals surface area contributed by atoms with Crippen molar-refractivity contribution in [1.29, 1.82) is 0 Å². The van der Waals surface area contributed by atoms with Crippen LogP contribution < -0.4 is 0 Å². The summed E-state index contributed by atoms with van der Waals surface area (Å²) in [5.74, 6) is -2.03. The number of allylic oxidation sites excluding steroid dienone is 1. The van der Waals surface area contributed by atoms with Gasteiger partial charge >= 0.3 is 5.97 Å². The molecule has 0 aromatic heterocycles. The van der Waals surface area contributed by atoms with Crippen LogP contribution in [0, 0.1) is 0 Å². The van der Waals surface area contributed by atoms with Crippen LogP contribution in [0.3, 0.4) is 0 Å². The van der Waals surface area contributed by atoms with Gasteiger partial charge in [0.2, 0.25) is 11.5 Å². The van der Waals surface area contributed by atoms with E-state index in [-0.39, 0.29) is 24.4 Å². The van der Waals surface area contributed by atoms with Gasteiger partial charge in [-0.1, -0.05) is 58.4 Å². The van der Waals surface area contributed by atoms with Gasteiger partial charge in [-0.05, 0) is 31.5 Å². The molecule has 2 aromatic carbocycles. The number of ketones is 2. The lowest BCUT2D eigenvalue weighted by Gasteiger charge is -2.35. The molecular weight excluding hydrogens is 450 g/mol. The van der Waals surface area contributed by atoms with Gasteiger partial charge in [-0.25, -0.2) is 4.79 Å². The number of carbonyl (C=O) groups excluding carboxylic acids is 3. The molecule has 1 atom stereocenters. The first-order valence-corrected chi connectivity index (χ1v) is 10.3. The molecule has 6 nitrogen and oxygen atoms in total. The number of carbonyl (C=O) groups is 3. The maximum absolute atomic E-state index is 13.2. The van der Waals surface area contributed by atoms with E-state index in [4.69, 9.17) is 4.74 Å². The number of Topliss-reactive ketones (excluding diaryl/α,β-unsaturated/α-hetero) is 2. The molecule has 30 heavy (non-hydrogen) atoms. The average Bonchev–Trinajstić information content (AvgIpc) is 2.90. The molecule has 7 heteroatoms. The second-order valence-electron chi connectivity index (χ2n) is 7.01. The van der Waals surface area contributed by atoms with E-state index in [0.29, 0.717) is 5.56 Å². The first kappa shape index (κ1) is 21.9. The van der Waals surface area contributed by atoms with Crippen molar-refractivity contribution in [2.75, 3.05) is 6.61 Å². The molecule has 0 fully saturated rings. The molecule has 0 bridgehead atoms. The third-order valence-corrected chi connectivity index (χ3v) is 5.57. The van der Waals surface area contributed by atoms with E-state index in [1.165, 1.54) is 4.90 Å². The average molecular weight is 472 g/mol. The lowest BCUT2D eigenvalue weighted by Crippen LogP contribution is -2.50. The first-order valence-electron chi connectivity index (χ1n) is 9.53. The Balaban J connectivity index is 1.98. The van der Waals surface area contributed by atoms with Crippen molar-refractivity contribution in [2.24, 2.45) is 0 Å². The predicted molar refractivity (Wildman–Crippen MR) is 114 cm³/mol. The molecule has 1 aliphatic rings. The highest BCUT2D eigenvalue weighted by molar-refractivity contribution is 9.10. The van der Waals surface area contributed by atoms with Gasteiger partial charge in [0.15, 0.2) is 5.78 Å². The summed E-state index contributed by atoms with van der Waals surface area (Å²) in [6.07, 6.45) is -0.486. The summed E-state index contributed by atoms with van der Waals surface area (Å²) in [5, 5.41) is 11.4. The van der Waals surface area contributed by atoms with E-state index in [0.717, 1.165) is 10.0 Å². The van der Waals surface area contributed by atoms with Gasteiger partial charge in [-0.2, -0.15) is 0 Å². The molecule has 0 saturated heterocycles. The normalized spacial score (nSPS) is 18.7. The number of rotatable bonds is 7. The summed E-state index contributed by atoms with van der Waals surface area (Å²) in [6, 6.07) is 15.9. The van der Waals surface area contributed by atoms with Crippen LogP contribution in [0.15, 0.2) is 70.3 Å². The van der Waals surface area contributed by atoms with Gasteiger partial charge < -0.3 is 14.7 Å². The van der Waals surface area contributed by atoms with Crippen molar-refractivity contribution in [3.05, 3.63) is 81.5 Å². The quantitative estimate of drug-likeness (QED) is 0.377. The van der Waals surface area contributed by atoms with Crippen LogP contribution in [0.2, 0.25) is 0 Å². The number of benzene rings is 2. The van der Waals surface area contributed by atoms with Gasteiger partial charge in [-0.15, -0.1) is 0 Å². The molecule has 156 valence electrons. The zero-order valence-corrected chi connectivity index (χ0v) is 18.3. The summed E-state index contributed by atoms with van der Waals surface area (Å²) in [6.45, 7) is 3.47. The number of halogens is 1. The Kier molecular flexibility index (Phi) is 6.53. The van der Waals surface area contributed by atoms with Gasteiger partial charge in [0, 0.05) is 22.3 Å². The second-order valence-corrected chi connectivity index (χ2v) is 7.92. The Morgan fingerprint density at radius 2 is 1.73 bits per heavy atom. The Morgan fingerprint density at radius 1 is 1.10 bits per heavy atom. The van der Waals surface area contributed by atoms with Crippen molar-refractivity contribution in [3.8, 4) is 0 Å². The molecule has 0 aliphatic carbocycles. The molecular formula is C23H22BrNO5. The van der Waals surface area contributed by atoms with Crippen LogP contribution in [0.25, 0.3) is 0 Å². The summed E-state index contributed by atoms with van der Waals surface area (Å²) in [7, 11) is 0. The molecule has 0 amide bonds. The standard InChI is InChI=1S/C23H22BrNO5/c1-3-30-22(28)20-15(2)25(14-16-7-5-4-6-8-16)23(29,21(20)27)13-19(26)17-9-11-18(24)12-10-17/h4-12,29H,3,13-14H2,1-2H3. The Labute approximate surface area is 183 Å². The molecule has 1 N–H and O–H groups in total. The fourth-order valence-electron chi connectivity index (χ4n) is 3.50. The highest BCUT2D eigenvalue weighted by atomic mass is 79.9. The van der Waals surface area contributed by atoms with Crippen molar-refractivity contribution >= 4 is 33.5 Å². The first-order chi connectivity index (χ1) is 14.3. The monoisotopic (exact) mass is 471 g/mol. The zero-order valence-electron chi connectivity index (χ0n) is 16.7. The third-order valence-electron chi connectivity index (χ3n) is 5.04. The van der Waals surface area contributed by atoms with E-state index in [2.05, 4.69) is 15.9 Å². The topological polar surface area (TPSA) is 83.9 Å². The number of hydrogen-bond acceptors (Lipinski definition) is 6. The Bertz CT molecular complexity index is 1000. The molecule has 0 radical (unpaired) electrons. The van der Waals surface area contributed by atoms with E-state index >= 15 is 0 Å². The highest BCUT2D eigenvalue weighted by Gasteiger charge is 2.53. The van der Waals surface area contributed by atoms with Crippen LogP contribution in [-0.4, -0.2) is 39.9 Å². The van der Waals surface area contributed by atoms with E-state index in [1.54, 1.807) is 38.1 Å². The van der Waals surface area contributed by atoms with Crippen LogP contribution in [0.4, 0.5) is 0 Å². The smallest absolute Gasteiger partial charge is 0.343 e. The van der Waals surface area contributed by atoms with Crippen LogP contribution in [-0.2, 0) is 20.9 Å². The number of esters is 1. The third kappa shape index (κ3) is 4.22. The van der Waals surface area contributed by atoms with E-state index < -0.39 is 29.7 Å². The van der Waals surface area contributed by atoms with Gasteiger partial charge in [0.25, 0.3) is 0 Å². The van der Waals surface area contributed by atoms with E-state index in [1.807, 2.05) is 30.3 Å². The summed E-state index contributed by atoms with van der Waals surface area (Å²) >= 11 is 3.31. The van der Waals surface area contributed by atoms with Crippen molar-refractivity contribution in [1.82, 2.24) is 4.90 Å². The molecule has 0 saturated carbocycles. The van der Waals surface area contributed by atoms with Gasteiger partial charge in [0.05, 0.1) is 13.0 Å². The Morgan fingerprint density at radius 3 is 2.33 bits per heavy atom. The fourth-order valence-corrected chi connectivity index (χ4v) is 3.76. The van der Waals surface area contributed by atoms with E-state index in [9.17, 15) is 19.5 Å². The number of nitrogens with zero attached hydrogens (tertiary/aromatic N) is 1. The zero-order chi connectivity index (χ0) is 21.9. The minimum absolute atomic E-state index is 0.0951. The minimum atomic E-state index is -2.17. The number of aliphatic hydroxyl groups is 1. The summed E-state index contributed by atoms with van der Waals surface area (Å²) in [4.78, 5) is 39.9. The van der Waals surface area contributed by atoms with Crippen LogP contribution >= 0.6 is 15.9 Å². The minimum Gasteiger partial charge on any atom is -0.462 e. The maximum Gasteiger partial charge on any atom is 0.343 e. The molecule has 1 aliphatic heterocycles. The second kappa shape index (κ2) is 8.93. The molecule has 1 heterocycles. The molecule has 1 unspecified atom stereocenters. The van der Waals surface area contributed by atoms with Crippen molar-refractivity contribution < 1.29 is 24.2 Å². The van der Waals surface area contributed by atoms with Crippen LogP contribution in [0.5, 0.6) is 0 Å². The molecule has 0 spiro atoms. The van der Waals surface area contributed by atoms with Crippen molar-refractivity contribution in [2.45, 2.75) is 32.5 Å². The van der Waals surface area contributed by atoms with Crippen molar-refractivity contribution in [3.63, 3.8) is 0 Å². The molecule has 3 rings (SSSR count). The van der Waals surface area contributed by atoms with Gasteiger partial charge in [-0.3, -0.25) is 9.59 Å². The highest BCUT2D eigenvalue weighted by Crippen LogP contribution is 2.37. The SMILES string of the molecule is CCOC(=O)C1=C(C)N(Cc2ccccc2)C(O)(CC(=O)c2ccc(Br)cc2)C1=O. The van der Waals surface area contributed by atoms with Crippen LogP contribution in [0.1, 0.15) is 36.2 Å². The molecule has 2 aromatic rings. The van der Waals surface area contributed by atoms with Gasteiger partial charge in [0.1, 0.15) is 5.57 Å². The maximum atomic E-state index is 13.2. The largest absolute Gasteiger partial charge is 0.462 e. The lowest BCUT2D eigenvalue weighted by atomic mass is 9.95.